The first-order valence-corrected chi connectivity index (χ1v) is 5.86. The third kappa shape index (κ3) is 4.24. The maximum atomic E-state index is 11.9. The number of benzene rings is 1. The summed E-state index contributed by atoms with van der Waals surface area (Å²) in [6.07, 6.45) is 0. The molecule has 0 spiro atoms. The number of urea groups is 1. The Hall–Kier alpha value is -1.26. The second kappa shape index (κ2) is 6.47. The number of rotatable bonds is 4. The quantitative estimate of drug-likeness (QED) is 0.870. The Kier molecular flexibility index (Phi) is 5.25. The lowest BCUT2D eigenvalue weighted by Crippen LogP contribution is -2.41. The molecule has 0 heterocycles. The van der Waals surface area contributed by atoms with Crippen molar-refractivity contribution in [3.05, 3.63) is 29.3 Å². The van der Waals surface area contributed by atoms with Gasteiger partial charge in [0.15, 0.2) is 0 Å². The predicted octanol–water partition coefficient (Wildman–Crippen LogP) is 2.57. The smallest absolute Gasteiger partial charge is 0.322 e. The summed E-state index contributed by atoms with van der Waals surface area (Å²) in [4.78, 5) is 13.5. The highest BCUT2D eigenvalue weighted by Gasteiger charge is 2.16. The van der Waals surface area contributed by atoms with Crippen LogP contribution in [0.2, 0.25) is 5.02 Å². The Balaban J connectivity index is 2.69. The number of nitrogens with zero attached hydrogens (tertiary/aromatic N) is 1. The molecule has 0 unspecified atom stereocenters. The minimum atomic E-state index is -0.240. The molecule has 2 N–H and O–H groups in total. The van der Waals surface area contributed by atoms with Crippen molar-refractivity contribution in [3.63, 3.8) is 0 Å². The van der Waals surface area contributed by atoms with E-state index in [4.69, 9.17) is 16.7 Å². The van der Waals surface area contributed by atoms with Gasteiger partial charge in [0.1, 0.15) is 0 Å². The molecule has 0 saturated heterocycles. The van der Waals surface area contributed by atoms with Crippen molar-refractivity contribution in [2.24, 2.45) is 0 Å². The second-order valence-corrected chi connectivity index (χ2v) is 4.39. The zero-order valence-electron chi connectivity index (χ0n) is 9.98. The van der Waals surface area contributed by atoms with Gasteiger partial charge in [0.05, 0.1) is 6.61 Å². The van der Waals surface area contributed by atoms with Crippen LogP contribution < -0.4 is 5.32 Å². The lowest BCUT2D eigenvalue weighted by molar-refractivity contribution is 0.172. The molecule has 0 aliphatic carbocycles. The molecule has 0 bridgehead atoms. The Bertz CT molecular complexity index is 383. The summed E-state index contributed by atoms with van der Waals surface area (Å²) in [5.74, 6) is 0. The van der Waals surface area contributed by atoms with Gasteiger partial charge >= 0.3 is 6.03 Å². The molecular weight excluding hydrogens is 240 g/mol. The maximum Gasteiger partial charge on any atom is 0.322 e. The average Bonchev–Trinajstić information content (AvgIpc) is 2.25. The van der Waals surface area contributed by atoms with Gasteiger partial charge in [-0.25, -0.2) is 4.79 Å². The first-order chi connectivity index (χ1) is 8.04. The standard InChI is InChI=1S/C12H17ClN2O2/c1-9(2)15(6-7-16)12(17)14-11-5-3-4-10(13)8-11/h3-5,8-9,16H,6-7H2,1-2H3,(H,14,17). The van der Waals surface area contributed by atoms with Crippen molar-refractivity contribution >= 4 is 23.3 Å². The van der Waals surface area contributed by atoms with E-state index < -0.39 is 0 Å². The molecule has 5 heteroatoms. The van der Waals surface area contributed by atoms with Crippen LogP contribution in [-0.2, 0) is 0 Å². The minimum absolute atomic E-state index is 0.0290. The number of halogens is 1. The van der Waals surface area contributed by atoms with Crippen LogP contribution in [0.3, 0.4) is 0 Å². The molecule has 0 aliphatic rings. The molecule has 1 rings (SSSR count). The molecule has 0 aliphatic heterocycles. The number of carbonyl (C=O) groups is 1. The summed E-state index contributed by atoms with van der Waals surface area (Å²) in [5, 5.41) is 12.2. The van der Waals surface area contributed by atoms with Crippen molar-refractivity contribution in [1.82, 2.24) is 4.90 Å². The minimum Gasteiger partial charge on any atom is -0.395 e. The highest BCUT2D eigenvalue weighted by Crippen LogP contribution is 2.15. The molecule has 0 fully saturated rings. The van der Waals surface area contributed by atoms with Gasteiger partial charge < -0.3 is 15.3 Å². The van der Waals surface area contributed by atoms with Crippen molar-refractivity contribution in [2.75, 3.05) is 18.5 Å². The van der Waals surface area contributed by atoms with Crippen LogP contribution in [-0.4, -0.2) is 35.2 Å². The van der Waals surface area contributed by atoms with Gasteiger partial charge in [-0.3, -0.25) is 0 Å². The summed E-state index contributed by atoms with van der Waals surface area (Å²) >= 11 is 5.83. The Labute approximate surface area is 106 Å². The summed E-state index contributed by atoms with van der Waals surface area (Å²) in [5.41, 5.74) is 0.645. The van der Waals surface area contributed by atoms with Gasteiger partial charge in [-0.05, 0) is 32.0 Å². The normalized spacial score (nSPS) is 10.4. The van der Waals surface area contributed by atoms with Gasteiger partial charge in [-0.1, -0.05) is 17.7 Å². The van der Waals surface area contributed by atoms with E-state index in [9.17, 15) is 4.79 Å². The van der Waals surface area contributed by atoms with E-state index >= 15 is 0 Å². The number of aliphatic hydroxyl groups excluding tert-OH is 1. The fraction of sp³-hybridized carbons (Fsp3) is 0.417. The van der Waals surface area contributed by atoms with Gasteiger partial charge in [-0.2, -0.15) is 0 Å². The maximum absolute atomic E-state index is 11.9. The van der Waals surface area contributed by atoms with Crippen LogP contribution >= 0.6 is 11.6 Å². The molecule has 0 atom stereocenters. The Morgan fingerprint density at radius 2 is 2.24 bits per heavy atom. The summed E-state index contributed by atoms with van der Waals surface area (Å²) < 4.78 is 0. The number of anilines is 1. The van der Waals surface area contributed by atoms with Gasteiger partial charge in [0.2, 0.25) is 0 Å². The number of aliphatic hydroxyl groups is 1. The van der Waals surface area contributed by atoms with Gasteiger partial charge in [0, 0.05) is 23.3 Å². The number of hydrogen-bond donors (Lipinski definition) is 2. The van der Waals surface area contributed by atoms with Crippen LogP contribution in [0, 0.1) is 0 Å². The van der Waals surface area contributed by atoms with Crippen LogP contribution in [0.1, 0.15) is 13.8 Å². The third-order valence-corrected chi connectivity index (χ3v) is 2.54. The number of amides is 2. The van der Waals surface area contributed by atoms with Gasteiger partial charge in [-0.15, -0.1) is 0 Å². The Morgan fingerprint density at radius 3 is 2.76 bits per heavy atom. The molecule has 1 aromatic rings. The molecule has 0 saturated carbocycles. The summed E-state index contributed by atoms with van der Waals surface area (Å²) in [7, 11) is 0. The van der Waals surface area contributed by atoms with E-state index in [1.54, 1.807) is 29.2 Å². The first-order valence-electron chi connectivity index (χ1n) is 5.48. The highest BCUT2D eigenvalue weighted by atomic mass is 35.5. The summed E-state index contributed by atoms with van der Waals surface area (Å²) in [6.45, 7) is 4.05. The van der Waals surface area contributed by atoms with Crippen LogP contribution in [0.15, 0.2) is 24.3 Å². The molecule has 94 valence electrons. The van der Waals surface area contributed by atoms with Crippen LogP contribution in [0.4, 0.5) is 10.5 Å². The largest absolute Gasteiger partial charge is 0.395 e. The molecular formula is C12H17ClN2O2. The zero-order chi connectivity index (χ0) is 12.8. The average molecular weight is 257 g/mol. The SMILES string of the molecule is CC(C)N(CCO)C(=O)Nc1cccc(Cl)c1. The first kappa shape index (κ1) is 13.8. The number of carbonyl (C=O) groups excluding carboxylic acids is 1. The fourth-order valence-corrected chi connectivity index (χ4v) is 1.65. The third-order valence-electron chi connectivity index (χ3n) is 2.30. The lowest BCUT2D eigenvalue weighted by Gasteiger charge is -2.26. The lowest BCUT2D eigenvalue weighted by atomic mass is 10.3. The van der Waals surface area contributed by atoms with E-state index in [1.165, 1.54) is 0 Å². The topological polar surface area (TPSA) is 52.6 Å². The van der Waals surface area contributed by atoms with E-state index in [0.29, 0.717) is 17.3 Å². The van der Waals surface area contributed by atoms with E-state index in [1.807, 2.05) is 13.8 Å². The predicted molar refractivity (Wildman–Crippen MR) is 69.4 cm³/mol. The molecule has 17 heavy (non-hydrogen) atoms. The molecule has 4 nitrogen and oxygen atoms in total. The zero-order valence-corrected chi connectivity index (χ0v) is 10.7. The second-order valence-electron chi connectivity index (χ2n) is 3.95. The van der Waals surface area contributed by atoms with Crippen LogP contribution in [0.5, 0.6) is 0 Å². The van der Waals surface area contributed by atoms with E-state index in [0.717, 1.165) is 0 Å². The van der Waals surface area contributed by atoms with Crippen molar-refractivity contribution in [1.29, 1.82) is 0 Å². The monoisotopic (exact) mass is 256 g/mol. The molecule has 0 aromatic heterocycles. The highest BCUT2D eigenvalue weighted by molar-refractivity contribution is 6.30. The summed E-state index contributed by atoms with van der Waals surface area (Å²) in [6, 6.07) is 6.74. The molecule has 0 radical (unpaired) electrons. The van der Waals surface area contributed by atoms with E-state index in [2.05, 4.69) is 5.32 Å². The number of nitrogens with one attached hydrogen (secondary N) is 1. The van der Waals surface area contributed by atoms with Crippen molar-refractivity contribution in [2.45, 2.75) is 19.9 Å². The van der Waals surface area contributed by atoms with Crippen molar-refractivity contribution < 1.29 is 9.90 Å². The van der Waals surface area contributed by atoms with E-state index in [-0.39, 0.29) is 18.7 Å². The number of hydrogen-bond acceptors (Lipinski definition) is 2. The van der Waals surface area contributed by atoms with Crippen molar-refractivity contribution in [3.8, 4) is 0 Å². The molecule has 2 amide bonds. The Morgan fingerprint density at radius 1 is 1.53 bits per heavy atom. The fourth-order valence-electron chi connectivity index (χ4n) is 1.46. The van der Waals surface area contributed by atoms with Gasteiger partial charge in [0.25, 0.3) is 0 Å². The molecule has 1 aromatic carbocycles. The van der Waals surface area contributed by atoms with Crippen LogP contribution in [0.25, 0.3) is 0 Å².